The maximum Gasteiger partial charge on any atom is 0.213 e. The van der Waals surface area contributed by atoms with E-state index in [9.17, 15) is 0 Å². The number of benzene rings is 1. The van der Waals surface area contributed by atoms with Crippen molar-refractivity contribution in [1.29, 1.82) is 0 Å². The summed E-state index contributed by atoms with van der Waals surface area (Å²) in [5.41, 5.74) is 6.78. The van der Waals surface area contributed by atoms with E-state index in [1.807, 2.05) is 0 Å². The lowest BCUT2D eigenvalue weighted by molar-refractivity contribution is 0.392. The number of aromatic nitrogens is 2. The summed E-state index contributed by atoms with van der Waals surface area (Å²) in [7, 11) is 3.17. The average Bonchev–Trinajstić information content (AvgIpc) is 2.91. The molecular formula is C11H13N3O3. The van der Waals surface area contributed by atoms with E-state index >= 15 is 0 Å². The highest BCUT2D eigenvalue weighted by molar-refractivity contribution is 5.43. The molecule has 0 bridgehead atoms. The van der Waals surface area contributed by atoms with Crippen molar-refractivity contribution < 1.29 is 14.0 Å². The van der Waals surface area contributed by atoms with Gasteiger partial charge in [-0.1, -0.05) is 5.16 Å². The average molecular weight is 235 g/mol. The molecule has 0 amide bonds. The SMILES string of the molecule is COc1ccc(OC)c(C(N)c2ncon2)c1. The van der Waals surface area contributed by atoms with Gasteiger partial charge in [0.15, 0.2) is 5.82 Å². The molecule has 0 saturated carbocycles. The Bertz CT molecular complexity index is 485. The van der Waals surface area contributed by atoms with Crippen LogP contribution in [0.5, 0.6) is 11.5 Å². The van der Waals surface area contributed by atoms with Crippen LogP contribution in [0.25, 0.3) is 0 Å². The predicted octanol–water partition coefficient (Wildman–Crippen LogP) is 1.13. The summed E-state index contributed by atoms with van der Waals surface area (Å²) in [6.07, 6.45) is 1.24. The Morgan fingerprint density at radius 3 is 2.71 bits per heavy atom. The Hall–Kier alpha value is -2.08. The molecule has 0 radical (unpaired) electrons. The van der Waals surface area contributed by atoms with Crippen LogP contribution < -0.4 is 15.2 Å². The lowest BCUT2D eigenvalue weighted by Crippen LogP contribution is -2.14. The number of hydrogen-bond acceptors (Lipinski definition) is 6. The Morgan fingerprint density at radius 2 is 2.12 bits per heavy atom. The fourth-order valence-electron chi connectivity index (χ4n) is 1.54. The van der Waals surface area contributed by atoms with Gasteiger partial charge >= 0.3 is 0 Å². The molecular weight excluding hydrogens is 222 g/mol. The molecule has 1 heterocycles. The minimum absolute atomic E-state index is 0.400. The number of hydrogen-bond donors (Lipinski definition) is 1. The molecule has 2 rings (SSSR count). The molecule has 1 unspecified atom stereocenters. The van der Waals surface area contributed by atoms with Crippen LogP contribution in [0.4, 0.5) is 0 Å². The first-order valence-corrected chi connectivity index (χ1v) is 5.00. The fourth-order valence-corrected chi connectivity index (χ4v) is 1.54. The van der Waals surface area contributed by atoms with Crippen molar-refractivity contribution in [3.63, 3.8) is 0 Å². The topological polar surface area (TPSA) is 83.4 Å². The summed E-state index contributed by atoms with van der Waals surface area (Å²) in [5, 5.41) is 3.72. The van der Waals surface area contributed by atoms with Crippen molar-refractivity contribution in [1.82, 2.24) is 10.1 Å². The van der Waals surface area contributed by atoms with Crippen LogP contribution in [-0.4, -0.2) is 24.4 Å². The fraction of sp³-hybridized carbons (Fsp3) is 0.273. The Morgan fingerprint density at radius 1 is 1.29 bits per heavy atom. The summed E-state index contributed by atoms with van der Waals surface area (Å²) in [5.74, 6) is 1.75. The van der Waals surface area contributed by atoms with Gasteiger partial charge in [-0.3, -0.25) is 0 Å². The smallest absolute Gasteiger partial charge is 0.213 e. The largest absolute Gasteiger partial charge is 0.497 e. The Balaban J connectivity index is 2.41. The molecule has 2 N–H and O–H groups in total. The molecule has 0 fully saturated rings. The third kappa shape index (κ3) is 2.21. The van der Waals surface area contributed by atoms with Gasteiger partial charge in [0.2, 0.25) is 6.39 Å². The molecule has 2 aromatic rings. The second-order valence-corrected chi connectivity index (χ2v) is 3.37. The van der Waals surface area contributed by atoms with Crippen molar-refractivity contribution in [3.8, 4) is 11.5 Å². The van der Waals surface area contributed by atoms with Gasteiger partial charge in [-0.2, -0.15) is 4.98 Å². The van der Waals surface area contributed by atoms with Crippen molar-refractivity contribution >= 4 is 0 Å². The molecule has 6 nitrogen and oxygen atoms in total. The van der Waals surface area contributed by atoms with E-state index in [0.717, 1.165) is 5.56 Å². The van der Waals surface area contributed by atoms with Crippen molar-refractivity contribution in [3.05, 3.63) is 36.0 Å². The third-order valence-electron chi connectivity index (χ3n) is 2.43. The number of methoxy groups -OCH3 is 2. The zero-order chi connectivity index (χ0) is 12.3. The summed E-state index contributed by atoms with van der Waals surface area (Å²) in [6.45, 7) is 0. The normalized spacial score (nSPS) is 12.2. The van der Waals surface area contributed by atoms with Crippen molar-refractivity contribution in [2.75, 3.05) is 14.2 Å². The number of ether oxygens (including phenoxy) is 2. The summed E-state index contributed by atoms with van der Waals surface area (Å²) >= 11 is 0. The van der Waals surface area contributed by atoms with Crippen molar-refractivity contribution in [2.45, 2.75) is 6.04 Å². The van der Waals surface area contributed by atoms with Gasteiger partial charge in [0.25, 0.3) is 0 Å². The van der Waals surface area contributed by atoms with Gasteiger partial charge in [-0.05, 0) is 18.2 Å². The monoisotopic (exact) mass is 235 g/mol. The van der Waals surface area contributed by atoms with Crippen LogP contribution in [-0.2, 0) is 0 Å². The van der Waals surface area contributed by atoms with Crippen LogP contribution in [0.15, 0.2) is 29.1 Å². The van der Waals surface area contributed by atoms with E-state index in [1.54, 1.807) is 32.4 Å². The quantitative estimate of drug-likeness (QED) is 0.855. The maximum atomic E-state index is 6.04. The molecule has 0 aliphatic carbocycles. The van der Waals surface area contributed by atoms with Gasteiger partial charge in [0.1, 0.15) is 11.5 Å². The predicted molar refractivity (Wildman–Crippen MR) is 59.9 cm³/mol. The second-order valence-electron chi connectivity index (χ2n) is 3.37. The first-order valence-electron chi connectivity index (χ1n) is 5.00. The standard InChI is InChI=1S/C11H13N3O3/c1-15-7-3-4-9(16-2)8(5-7)10(12)11-13-6-17-14-11/h3-6,10H,12H2,1-2H3. The Labute approximate surface area is 98.3 Å². The summed E-state index contributed by atoms with van der Waals surface area (Å²) in [4.78, 5) is 3.92. The van der Waals surface area contributed by atoms with Crippen LogP contribution >= 0.6 is 0 Å². The molecule has 1 aromatic heterocycles. The highest BCUT2D eigenvalue weighted by Gasteiger charge is 2.18. The van der Waals surface area contributed by atoms with E-state index < -0.39 is 6.04 Å². The summed E-state index contributed by atoms with van der Waals surface area (Å²) < 4.78 is 15.1. The molecule has 0 saturated heterocycles. The van der Waals surface area contributed by atoms with Gasteiger partial charge < -0.3 is 19.7 Å². The molecule has 0 aliphatic rings. The van der Waals surface area contributed by atoms with E-state index in [1.165, 1.54) is 6.39 Å². The van der Waals surface area contributed by atoms with Crippen LogP contribution in [0.2, 0.25) is 0 Å². The van der Waals surface area contributed by atoms with Crippen LogP contribution in [0, 0.1) is 0 Å². The van der Waals surface area contributed by atoms with E-state index in [0.29, 0.717) is 17.3 Å². The molecule has 1 atom stereocenters. The maximum absolute atomic E-state index is 6.04. The zero-order valence-corrected chi connectivity index (χ0v) is 9.58. The number of rotatable bonds is 4. The number of nitrogens with zero attached hydrogens (tertiary/aromatic N) is 2. The second kappa shape index (κ2) is 4.84. The first kappa shape index (κ1) is 11.4. The zero-order valence-electron chi connectivity index (χ0n) is 9.58. The number of nitrogens with two attached hydrogens (primary N) is 1. The lowest BCUT2D eigenvalue weighted by Gasteiger charge is -2.13. The van der Waals surface area contributed by atoms with E-state index in [4.69, 9.17) is 15.2 Å². The minimum atomic E-state index is -0.515. The first-order chi connectivity index (χ1) is 8.26. The highest BCUT2D eigenvalue weighted by atomic mass is 16.5. The van der Waals surface area contributed by atoms with Gasteiger partial charge in [0, 0.05) is 5.56 Å². The molecule has 0 aliphatic heterocycles. The molecule has 0 spiro atoms. The van der Waals surface area contributed by atoms with Gasteiger partial charge in [0.05, 0.1) is 20.3 Å². The lowest BCUT2D eigenvalue weighted by atomic mass is 10.1. The van der Waals surface area contributed by atoms with Gasteiger partial charge in [-0.15, -0.1) is 0 Å². The molecule has 17 heavy (non-hydrogen) atoms. The Kier molecular flexibility index (Phi) is 3.24. The van der Waals surface area contributed by atoms with Crippen LogP contribution in [0.1, 0.15) is 17.4 Å². The van der Waals surface area contributed by atoms with Crippen LogP contribution in [0.3, 0.4) is 0 Å². The van der Waals surface area contributed by atoms with Gasteiger partial charge in [-0.25, -0.2) is 0 Å². The van der Waals surface area contributed by atoms with E-state index in [-0.39, 0.29) is 0 Å². The molecule has 1 aromatic carbocycles. The summed E-state index contributed by atoms with van der Waals surface area (Å²) in [6, 6.07) is 4.86. The third-order valence-corrected chi connectivity index (χ3v) is 2.43. The van der Waals surface area contributed by atoms with E-state index in [2.05, 4.69) is 14.7 Å². The van der Waals surface area contributed by atoms with Crippen molar-refractivity contribution in [2.24, 2.45) is 5.73 Å². The minimum Gasteiger partial charge on any atom is -0.497 e. The highest BCUT2D eigenvalue weighted by Crippen LogP contribution is 2.30. The molecule has 90 valence electrons. The molecule has 6 heteroatoms.